The zero-order valence-corrected chi connectivity index (χ0v) is 15.0. The number of phenols is 2. The van der Waals surface area contributed by atoms with Gasteiger partial charge in [0.05, 0.1) is 22.7 Å². The van der Waals surface area contributed by atoms with Crippen LogP contribution in [-0.2, 0) is 11.2 Å². The standard InChI is InChI=1S/C18H13Cl2NO5/c1-8-10-3-5-14(22)16(24)17(10)26-18(25)11(8)7-15(23)21-13-6-9(19)2-4-12(13)20/h2-6,22,24H,7H2,1H3,(H,21,23). The Hall–Kier alpha value is -2.70. The number of phenolic OH excluding ortho intramolecular Hbond substituents is 2. The number of halogens is 2. The molecule has 0 aliphatic carbocycles. The highest BCUT2D eigenvalue weighted by atomic mass is 35.5. The van der Waals surface area contributed by atoms with Gasteiger partial charge in [-0.2, -0.15) is 0 Å². The monoisotopic (exact) mass is 393 g/mol. The first-order valence-electron chi connectivity index (χ1n) is 7.50. The number of hydrogen-bond acceptors (Lipinski definition) is 5. The number of carbonyl (C=O) groups excluding carboxylic acids is 1. The Morgan fingerprint density at radius 2 is 1.92 bits per heavy atom. The second kappa shape index (κ2) is 6.90. The first kappa shape index (κ1) is 18.1. The van der Waals surface area contributed by atoms with Crippen molar-refractivity contribution in [1.29, 1.82) is 0 Å². The number of nitrogens with one attached hydrogen (secondary N) is 1. The van der Waals surface area contributed by atoms with Crippen LogP contribution in [0.25, 0.3) is 11.0 Å². The van der Waals surface area contributed by atoms with Gasteiger partial charge in [-0.3, -0.25) is 4.79 Å². The fourth-order valence-corrected chi connectivity index (χ4v) is 2.92. The minimum absolute atomic E-state index is 0.130. The Kier molecular flexibility index (Phi) is 4.80. The first-order chi connectivity index (χ1) is 12.3. The molecule has 0 unspecified atom stereocenters. The summed E-state index contributed by atoms with van der Waals surface area (Å²) in [5.74, 6) is -1.41. The summed E-state index contributed by atoms with van der Waals surface area (Å²) in [4.78, 5) is 24.6. The molecular weight excluding hydrogens is 381 g/mol. The summed E-state index contributed by atoms with van der Waals surface area (Å²) in [6.07, 6.45) is -0.255. The van der Waals surface area contributed by atoms with Gasteiger partial charge in [-0.15, -0.1) is 0 Å². The zero-order chi connectivity index (χ0) is 19.0. The Bertz CT molecular complexity index is 1090. The molecule has 2 aromatic carbocycles. The number of benzene rings is 2. The maximum absolute atomic E-state index is 12.3. The van der Waals surface area contributed by atoms with E-state index in [1.807, 2.05) is 0 Å². The Morgan fingerprint density at radius 3 is 2.65 bits per heavy atom. The molecule has 3 aromatic rings. The average molecular weight is 394 g/mol. The predicted octanol–water partition coefficient (Wildman–Crippen LogP) is 4.00. The smallest absolute Gasteiger partial charge is 0.340 e. The Morgan fingerprint density at radius 1 is 1.19 bits per heavy atom. The highest BCUT2D eigenvalue weighted by Crippen LogP contribution is 2.34. The molecule has 3 N–H and O–H groups in total. The van der Waals surface area contributed by atoms with Gasteiger partial charge >= 0.3 is 5.63 Å². The maximum Gasteiger partial charge on any atom is 0.340 e. The van der Waals surface area contributed by atoms with Gasteiger partial charge in [0.2, 0.25) is 11.7 Å². The van der Waals surface area contributed by atoms with Crippen LogP contribution in [0.4, 0.5) is 5.69 Å². The molecule has 26 heavy (non-hydrogen) atoms. The third kappa shape index (κ3) is 3.34. The van der Waals surface area contributed by atoms with Gasteiger partial charge in [-0.1, -0.05) is 23.2 Å². The molecule has 1 amide bonds. The lowest BCUT2D eigenvalue weighted by atomic mass is 10.0. The lowest BCUT2D eigenvalue weighted by Crippen LogP contribution is -2.20. The second-order valence-electron chi connectivity index (χ2n) is 5.65. The topological polar surface area (TPSA) is 99.8 Å². The third-order valence-electron chi connectivity index (χ3n) is 3.95. The Labute approximate surface area is 157 Å². The number of hydrogen-bond donors (Lipinski definition) is 3. The predicted molar refractivity (Wildman–Crippen MR) is 99.3 cm³/mol. The second-order valence-corrected chi connectivity index (χ2v) is 6.50. The molecule has 6 nitrogen and oxygen atoms in total. The molecule has 0 bridgehead atoms. The number of anilines is 1. The van der Waals surface area contributed by atoms with E-state index in [2.05, 4.69) is 5.32 Å². The molecule has 0 saturated carbocycles. The van der Waals surface area contributed by atoms with Crippen molar-refractivity contribution >= 4 is 45.8 Å². The summed E-state index contributed by atoms with van der Waals surface area (Å²) >= 11 is 11.9. The van der Waals surface area contributed by atoms with Gasteiger partial charge in [-0.05, 0) is 42.8 Å². The quantitative estimate of drug-likeness (QED) is 0.461. The van der Waals surface area contributed by atoms with Crippen LogP contribution >= 0.6 is 23.2 Å². The highest BCUT2D eigenvalue weighted by Gasteiger charge is 2.18. The van der Waals surface area contributed by atoms with Crippen molar-refractivity contribution in [2.45, 2.75) is 13.3 Å². The molecule has 1 heterocycles. The van der Waals surface area contributed by atoms with Gasteiger partial charge in [0.25, 0.3) is 0 Å². The molecule has 0 atom stereocenters. The molecule has 0 fully saturated rings. The minimum atomic E-state index is -0.775. The van der Waals surface area contributed by atoms with E-state index in [1.54, 1.807) is 19.1 Å². The average Bonchev–Trinajstić information content (AvgIpc) is 2.58. The van der Waals surface area contributed by atoms with E-state index >= 15 is 0 Å². The summed E-state index contributed by atoms with van der Waals surface area (Å²) in [7, 11) is 0. The lowest BCUT2D eigenvalue weighted by Gasteiger charge is -2.10. The number of amides is 1. The van der Waals surface area contributed by atoms with Crippen LogP contribution in [-0.4, -0.2) is 16.1 Å². The fourth-order valence-electron chi connectivity index (χ4n) is 2.58. The van der Waals surface area contributed by atoms with Crippen molar-refractivity contribution in [3.8, 4) is 11.5 Å². The lowest BCUT2D eigenvalue weighted by molar-refractivity contribution is -0.115. The van der Waals surface area contributed by atoms with Crippen LogP contribution in [0.15, 0.2) is 39.5 Å². The maximum atomic E-state index is 12.3. The summed E-state index contributed by atoms with van der Waals surface area (Å²) in [6, 6.07) is 7.41. The van der Waals surface area contributed by atoms with Gasteiger partial charge in [0, 0.05) is 10.4 Å². The number of rotatable bonds is 3. The van der Waals surface area contributed by atoms with Crippen molar-refractivity contribution in [2.24, 2.45) is 0 Å². The van der Waals surface area contributed by atoms with E-state index in [1.165, 1.54) is 18.2 Å². The molecule has 0 aliphatic heterocycles. The third-order valence-corrected chi connectivity index (χ3v) is 4.51. The van der Waals surface area contributed by atoms with E-state index in [4.69, 9.17) is 27.6 Å². The molecule has 0 aliphatic rings. The van der Waals surface area contributed by atoms with E-state index in [0.29, 0.717) is 26.7 Å². The summed E-state index contributed by atoms with van der Waals surface area (Å²) < 4.78 is 5.09. The summed E-state index contributed by atoms with van der Waals surface area (Å²) in [5, 5.41) is 23.1. The normalized spacial score (nSPS) is 10.9. The van der Waals surface area contributed by atoms with Crippen molar-refractivity contribution < 1.29 is 19.4 Å². The molecule has 1 aromatic heterocycles. The molecule has 0 radical (unpaired) electrons. The van der Waals surface area contributed by atoms with Crippen molar-refractivity contribution in [1.82, 2.24) is 0 Å². The largest absolute Gasteiger partial charge is 0.504 e. The van der Waals surface area contributed by atoms with Crippen LogP contribution in [0.1, 0.15) is 11.1 Å². The number of carbonyl (C=O) groups is 1. The van der Waals surface area contributed by atoms with Crippen LogP contribution in [0.3, 0.4) is 0 Å². The van der Waals surface area contributed by atoms with Gasteiger partial charge < -0.3 is 19.9 Å². The molecule has 0 spiro atoms. The van der Waals surface area contributed by atoms with Crippen molar-refractivity contribution in [2.75, 3.05) is 5.32 Å². The molecule has 0 saturated heterocycles. The number of fused-ring (bicyclic) bond motifs is 1. The number of aromatic hydroxyl groups is 2. The Balaban J connectivity index is 1.96. The van der Waals surface area contributed by atoms with Gasteiger partial charge in [0.15, 0.2) is 11.3 Å². The molecule has 8 heteroatoms. The van der Waals surface area contributed by atoms with Crippen LogP contribution in [0.5, 0.6) is 11.5 Å². The summed E-state index contributed by atoms with van der Waals surface area (Å²) in [6.45, 7) is 1.63. The van der Waals surface area contributed by atoms with Crippen LogP contribution in [0, 0.1) is 6.92 Å². The van der Waals surface area contributed by atoms with Crippen molar-refractivity contribution in [3.63, 3.8) is 0 Å². The van der Waals surface area contributed by atoms with Crippen molar-refractivity contribution in [3.05, 3.63) is 61.9 Å². The first-order valence-corrected chi connectivity index (χ1v) is 8.25. The van der Waals surface area contributed by atoms with Gasteiger partial charge in [-0.25, -0.2) is 4.79 Å². The minimum Gasteiger partial charge on any atom is -0.504 e. The van der Waals surface area contributed by atoms with E-state index < -0.39 is 23.0 Å². The summed E-state index contributed by atoms with van der Waals surface area (Å²) in [5.41, 5.74) is 0.0319. The molecule has 134 valence electrons. The highest BCUT2D eigenvalue weighted by molar-refractivity contribution is 6.35. The molecular formula is C18H13Cl2NO5. The number of aryl methyl sites for hydroxylation is 1. The van der Waals surface area contributed by atoms with Gasteiger partial charge in [0.1, 0.15) is 0 Å². The molecule has 3 rings (SSSR count). The fraction of sp³-hybridized carbons (Fsp3) is 0.111. The van der Waals surface area contributed by atoms with E-state index in [9.17, 15) is 19.8 Å². The van der Waals surface area contributed by atoms with E-state index in [0.717, 1.165) is 0 Å². The van der Waals surface area contributed by atoms with Crippen LogP contribution in [0.2, 0.25) is 10.0 Å². The zero-order valence-electron chi connectivity index (χ0n) is 13.5. The van der Waals surface area contributed by atoms with E-state index in [-0.39, 0.29) is 17.6 Å². The van der Waals surface area contributed by atoms with Crippen LogP contribution < -0.4 is 10.9 Å². The SMILES string of the molecule is Cc1c(CC(=O)Nc2cc(Cl)ccc2Cl)c(=O)oc2c(O)c(O)ccc12.